The van der Waals surface area contributed by atoms with E-state index in [1.165, 1.54) is 11.3 Å². The predicted molar refractivity (Wildman–Crippen MR) is 123 cm³/mol. The molecule has 162 valence electrons. The molecule has 0 spiro atoms. The van der Waals surface area contributed by atoms with Gasteiger partial charge in [-0.2, -0.15) is 0 Å². The summed E-state index contributed by atoms with van der Waals surface area (Å²) in [5.74, 6) is 1.96. The molecule has 0 N–H and O–H groups in total. The summed E-state index contributed by atoms with van der Waals surface area (Å²) in [6, 6.07) is 15.1. The van der Waals surface area contributed by atoms with Crippen LogP contribution in [0.15, 0.2) is 54.7 Å². The van der Waals surface area contributed by atoms with Crippen LogP contribution in [0.3, 0.4) is 0 Å². The molecule has 0 fully saturated rings. The van der Waals surface area contributed by atoms with Crippen LogP contribution in [-0.4, -0.2) is 29.8 Å². The Balaban J connectivity index is 1.51. The molecule has 32 heavy (non-hydrogen) atoms. The number of nitrogens with zero attached hydrogens (tertiary/aromatic N) is 3. The molecule has 0 aliphatic carbocycles. The fourth-order valence-electron chi connectivity index (χ4n) is 3.62. The molecule has 5 rings (SSSR count). The highest BCUT2D eigenvalue weighted by Gasteiger charge is 2.23. The van der Waals surface area contributed by atoms with Gasteiger partial charge in [0.25, 0.3) is 0 Å². The van der Waals surface area contributed by atoms with Crippen LogP contribution in [-0.2, 0) is 17.8 Å². The minimum atomic E-state index is -0.0785. The highest BCUT2D eigenvalue weighted by atomic mass is 32.1. The van der Waals surface area contributed by atoms with E-state index in [-0.39, 0.29) is 19.1 Å². The Bertz CT molecular complexity index is 1290. The molecule has 0 unspecified atom stereocenters. The Kier molecular flexibility index (Phi) is 5.36. The van der Waals surface area contributed by atoms with Gasteiger partial charge < -0.3 is 14.2 Å². The quantitative estimate of drug-likeness (QED) is 0.433. The van der Waals surface area contributed by atoms with Crippen molar-refractivity contribution in [3.8, 4) is 17.2 Å². The Labute approximate surface area is 189 Å². The van der Waals surface area contributed by atoms with Crippen molar-refractivity contribution < 1.29 is 19.0 Å². The van der Waals surface area contributed by atoms with Crippen molar-refractivity contribution in [2.45, 2.75) is 19.9 Å². The van der Waals surface area contributed by atoms with E-state index < -0.39 is 0 Å². The Morgan fingerprint density at radius 2 is 2.03 bits per heavy atom. The number of pyridine rings is 1. The first kappa shape index (κ1) is 20.3. The molecular weight excluding hydrogens is 426 g/mol. The number of ether oxygens (including phenoxy) is 3. The molecule has 8 heteroatoms. The zero-order valence-electron chi connectivity index (χ0n) is 17.7. The number of fused-ring (bicyclic) bond motifs is 2. The van der Waals surface area contributed by atoms with Gasteiger partial charge in [0, 0.05) is 6.20 Å². The zero-order chi connectivity index (χ0) is 22.1. The van der Waals surface area contributed by atoms with Gasteiger partial charge in [0.15, 0.2) is 16.6 Å². The third-order valence-electron chi connectivity index (χ3n) is 5.28. The van der Waals surface area contributed by atoms with Gasteiger partial charge in [0.05, 0.1) is 30.5 Å². The summed E-state index contributed by atoms with van der Waals surface area (Å²) >= 11 is 1.48. The number of carbonyl (C=O) groups is 1. The van der Waals surface area contributed by atoms with Crippen LogP contribution in [0.2, 0.25) is 0 Å². The Hall–Kier alpha value is -3.65. The highest BCUT2D eigenvalue weighted by Crippen LogP contribution is 2.37. The first-order valence-corrected chi connectivity index (χ1v) is 11.0. The second-order valence-corrected chi connectivity index (χ2v) is 8.40. The summed E-state index contributed by atoms with van der Waals surface area (Å²) in [5, 5.41) is 0.615. The van der Waals surface area contributed by atoms with Crippen molar-refractivity contribution in [2.75, 3.05) is 18.8 Å². The van der Waals surface area contributed by atoms with Crippen LogP contribution < -0.4 is 19.1 Å². The van der Waals surface area contributed by atoms with Crippen molar-refractivity contribution in [2.24, 2.45) is 0 Å². The van der Waals surface area contributed by atoms with E-state index in [1.54, 1.807) is 18.2 Å². The first-order chi connectivity index (χ1) is 15.6. The number of benzene rings is 2. The van der Waals surface area contributed by atoms with E-state index >= 15 is 0 Å². The minimum absolute atomic E-state index is 0.0785. The summed E-state index contributed by atoms with van der Waals surface area (Å²) in [5.41, 5.74) is 3.48. The molecule has 0 saturated carbocycles. The molecule has 0 bridgehead atoms. The fraction of sp³-hybridized carbons (Fsp3) is 0.208. The van der Waals surface area contributed by atoms with Crippen LogP contribution in [0.5, 0.6) is 17.2 Å². The van der Waals surface area contributed by atoms with Gasteiger partial charge in [-0.3, -0.25) is 14.7 Å². The number of aromatic nitrogens is 2. The van der Waals surface area contributed by atoms with Crippen LogP contribution in [0.1, 0.15) is 16.8 Å². The van der Waals surface area contributed by atoms with Crippen LogP contribution in [0.4, 0.5) is 5.13 Å². The lowest BCUT2D eigenvalue weighted by Gasteiger charge is -2.19. The van der Waals surface area contributed by atoms with E-state index in [1.807, 2.05) is 55.5 Å². The maximum atomic E-state index is 13.5. The molecule has 1 amide bonds. The molecule has 3 heterocycles. The summed E-state index contributed by atoms with van der Waals surface area (Å²) in [4.78, 5) is 24.4. The van der Waals surface area contributed by atoms with Crippen molar-refractivity contribution in [1.29, 1.82) is 0 Å². The minimum Gasteiger partial charge on any atom is -0.494 e. The van der Waals surface area contributed by atoms with Gasteiger partial charge in [0.2, 0.25) is 12.7 Å². The van der Waals surface area contributed by atoms with Gasteiger partial charge in [0.1, 0.15) is 11.3 Å². The van der Waals surface area contributed by atoms with Gasteiger partial charge in [-0.1, -0.05) is 29.5 Å². The monoisotopic (exact) mass is 447 g/mol. The van der Waals surface area contributed by atoms with Gasteiger partial charge in [-0.05, 0) is 48.4 Å². The average Bonchev–Trinajstić information content (AvgIpc) is 3.46. The van der Waals surface area contributed by atoms with E-state index in [4.69, 9.17) is 19.2 Å². The highest BCUT2D eigenvalue weighted by molar-refractivity contribution is 7.22. The lowest BCUT2D eigenvalue weighted by atomic mass is 10.1. The van der Waals surface area contributed by atoms with E-state index in [0.29, 0.717) is 28.9 Å². The lowest BCUT2D eigenvalue weighted by Crippen LogP contribution is -2.32. The number of methoxy groups -OCH3 is 1. The van der Waals surface area contributed by atoms with Crippen LogP contribution >= 0.6 is 11.3 Å². The Morgan fingerprint density at radius 1 is 1.16 bits per heavy atom. The van der Waals surface area contributed by atoms with E-state index in [9.17, 15) is 4.79 Å². The smallest absolute Gasteiger partial charge is 0.233 e. The zero-order valence-corrected chi connectivity index (χ0v) is 18.5. The molecular formula is C24H21N3O4S. The van der Waals surface area contributed by atoms with Crippen molar-refractivity contribution in [3.63, 3.8) is 0 Å². The molecule has 7 nitrogen and oxygen atoms in total. The first-order valence-electron chi connectivity index (χ1n) is 10.2. The summed E-state index contributed by atoms with van der Waals surface area (Å²) in [6.45, 7) is 2.55. The predicted octanol–water partition coefficient (Wildman–Crippen LogP) is 4.51. The topological polar surface area (TPSA) is 73.8 Å². The summed E-state index contributed by atoms with van der Waals surface area (Å²) in [6.07, 6.45) is 1.93. The number of hydrogen-bond donors (Lipinski definition) is 0. The summed E-state index contributed by atoms with van der Waals surface area (Å²) < 4.78 is 17.3. The lowest BCUT2D eigenvalue weighted by molar-refractivity contribution is -0.118. The second kappa shape index (κ2) is 8.47. The maximum Gasteiger partial charge on any atom is 0.233 e. The molecule has 1 aliphatic rings. The summed E-state index contributed by atoms with van der Waals surface area (Å²) in [7, 11) is 1.62. The molecule has 1 aliphatic heterocycles. The fourth-order valence-corrected chi connectivity index (χ4v) is 4.68. The molecule has 0 radical (unpaired) electrons. The Morgan fingerprint density at radius 3 is 2.84 bits per heavy atom. The van der Waals surface area contributed by atoms with Crippen molar-refractivity contribution in [1.82, 2.24) is 9.97 Å². The third-order valence-corrected chi connectivity index (χ3v) is 6.50. The average molecular weight is 448 g/mol. The largest absolute Gasteiger partial charge is 0.494 e. The number of amides is 1. The second-order valence-electron chi connectivity index (χ2n) is 7.42. The normalized spacial score (nSPS) is 12.2. The number of anilines is 1. The van der Waals surface area contributed by atoms with Crippen molar-refractivity contribution >= 4 is 32.6 Å². The number of thiazole rings is 1. The van der Waals surface area contributed by atoms with E-state index in [0.717, 1.165) is 27.0 Å². The van der Waals surface area contributed by atoms with Crippen LogP contribution in [0.25, 0.3) is 10.2 Å². The molecule has 0 atom stereocenters. The molecule has 0 saturated heterocycles. The van der Waals surface area contributed by atoms with Crippen molar-refractivity contribution in [3.05, 3.63) is 71.5 Å². The number of hydrogen-bond acceptors (Lipinski definition) is 7. The molecule has 4 aromatic rings. The van der Waals surface area contributed by atoms with Gasteiger partial charge >= 0.3 is 0 Å². The maximum absolute atomic E-state index is 13.5. The number of rotatable bonds is 6. The molecule has 2 aromatic carbocycles. The number of carbonyl (C=O) groups excluding carboxylic acids is 1. The van der Waals surface area contributed by atoms with Crippen LogP contribution in [0, 0.1) is 6.92 Å². The van der Waals surface area contributed by atoms with Gasteiger partial charge in [-0.15, -0.1) is 0 Å². The number of aryl methyl sites for hydroxylation is 1. The van der Waals surface area contributed by atoms with Gasteiger partial charge in [-0.25, -0.2) is 4.98 Å². The third kappa shape index (κ3) is 3.85. The van der Waals surface area contributed by atoms with E-state index in [2.05, 4.69) is 4.98 Å². The SMILES string of the molecule is COc1ccc(C)c2sc(N(Cc3ccccn3)C(=O)Cc3ccc4c(c3)OCO4)nc12. The standard InChI is InChI=1S/C24H21N3O4S/c1-15-6-8-19(29-2)22-23(15)32-24(26-22)27(13-17-5-3-4-10-25-17)21(28)12-16-7-9-18-20(11-16)31-14-30-18/h3-11H,12-14H2,1-2H3. The molecule has 2 aromatic heterocycles.